The Morgan fingerprint density at radius 2 is 2.15 bits per heavy atom. The molecule has 3 rings (SSSR count). The second-order valence-corrected chi connectivity index (χ2v) is 5.98. The molecule has 0 saturated heterocycles. The van der Waals surface area contributed by atoms with Gasteiger partial charge in [-0.15, -0.1) is 0 Å². The number of aliphatic carboxylic acids is 1. The van der Waals surface area contributed by atoms with Gasteiger partial charge in [-0.1, -0.05) is 18.2 Å². The van der Waals surface area contributed by atoms with Crippen LogP contribution in [0.3, 0.4) is 0 Å². The van der Waals surface area contributed by atoms with Crippen LogP contribution in [0.1, 0.15) is 31.1 Å². The van der Waals surface area contributed by atoms with Crippen LogP contribution in [0.25, 0.3) is 11.0 Å². The maximum Gasteiger partial charge on any atom is 0.309 e. The minimum Gasteiger partial charge on any atom is -0.481 e. The van der Waals surface area contributed by atoms with E-state index >= 15 is 0 Å². The summed E-state index contributed by atoms with van der Waals surface area (Å²) in [5.74, 6) is 0.236. The Balaban J connectivity index is 1.67. The first-order valence-electron chi connectivity index (χ1n) is 6.93. The lowest BCUT2D eigenvalue weighted by Gasteiger charge is -2.42. The third kappa shape index (κ3) is 2.10. The molecule has 1 aromatic carbocycles. The number of para-hydroxylation sites is 1. The number of carboxylic acid groups (broad SMARTS) is 1. The lowest BCUT2D eigenvalue weighted by Crippen LogP contribution is -2.51. The number of nitrogens with one attached hydrogen (secondary N) is 1. The van der Waals surface area contributed by atoms with E-state index in [1.54, 1.807) is 0 Å². The SMILES string of the molecule is Cc1oc2ccccc2c1CNC1CC(C)(C(=O)O)C1. The number of carboxylic acids is 1. The second kappa shape index (κ2) is 4.63. The van der Waals surface area contributed by atoms with E-state index in [0.29, 0.717) is 12.8 Å². The van der Waals surface area contributed by atoms with E-state index in [-0.39, 0.29) is 6.04 Å². The number of aryl methyl sites for hydroxylation is 1. The van der Waals surface area contributed by atoms with Gasteiger partial charge in [-0.3, -0.25) is 4.79 Å². The molecule has 2 aromatic rings. The van der Waals surface area contributed by atoms with Crippen molar-refractivity contribution >= 4 is 16.9 Å². The first-order chi connectivity index (χ1) is 9.49. The number of benzene rings is 1. The zero-order valence-electron chi connectivity index (χ0n) is 11.8. The van der Waals surface area contributed by atoms with Crippen LogP contribution in [0, 0.1) is 12.3 Å². The highest BCUT2D eigenvalue weighted by atomic mass is 16.4. The van der Waals surface area contributed by atoms with E-state index < -0.39 is 11.4 Å². The van der Waals surface area contributed by atoms with Crippen molar-refractivity contribution in [3.63, 3.8) is 0 Å². The van der Waals surface area contributed by atoms with E-state index in [1.807, 2.05) is 32.0 Å². The standard InChI is InChI=1S/C16H19NO3/c1-10-13(12-5-3-4-6-14(12)20-10)9-17-11-7-16(2,8-11)15(18)19/h3-6,11,17H,7-9H2,1-2H3,(H,18,19). The Hall–Kier alpha value is -1.81. The Morgan fingerprint density at radius 1 is 1.45 bits per heavy atom. The van der Waals surface area contributed by atoms with Crippen LogP contribution >= 0.6 is 0 Å². The van der Waals surface area contributed by atoms with Gasteiger partial charge in [0.1, 0.15) is 11.3 Å². The van der Waals surface area contributed by atoms with Gasteiger partial charge in [-0.05, 0) is 32.8 Å². The maximum absolute atomic E-state index is 11.1. The van der Waals surface area contributed by atoms with E-state index in [9.17, 15) is 4.79 Å². The van der Waals surface area contributed by atoms with E-state index in [1.165, 1.54) is 5.56 Å². The van der Waals surface area contributed by atoms with Gasteiger partial charge in [0.05, 0.1) is 5.41 Å². The van der Waals surface area contributed by atoms with Crippen molar-refractivity contribution < 1.29 is 14.3 Å². The van der Waals surface area contributed by atoms with E-state index in [2.05, 4.69) is 11.4 Å². The minimum absolute atomic E-state index is 0.282. The van der Waals surface area contributed by atoms with Crippen molar-refractivity contribution in [3.05, 3.63) is 35.6 Å². The predicted octanol–water partition coefficient (Wildman–Crippen LogP) is 3.08. The molecule has 0 bridgehead atoms. The fourth-order valence-corrected chi connectivity index (χ4v) is 3.03. The molecule has 0 aliphatic heterocycles. The largest absolute Gasteiger partial charge is 0.481 e. The van der Waals surface area contributed by atoms with Crippen molar-refractivity contribution in [2.75, 3.05) is 0 Å². The molecule has 1 aromatic heterocycles. The molecule has 0 atom stereocenters. The van der Waals surface area contributed by atoms with Gasteiger partial charge in [-0.2, -0.15) is 0 Å². The summed E-state index contributed by atoms with van der Waals surface area (Å²) in [6.07, 6.45) is 1.38. The van der Waals surface area contributed by atoms with Gasteiger partial charge >= 0.3 is 5.97 Å². The fourth-order valence-electron chi connectivity index (χ4n) is 3.03. The molecule has 1 fully saturated rings. The average Bonchev–Trinajstić information content (AvgIpc) is 2.69. The van der Waals surface area contributed by atoms with Crippen molar-refractivity contribution in [3.8, 4) is 0 Å². The molecule has 1 aliphatic carbocycles. The molecule has 1 saturated carbocycles. The molecule has 2 N–H and O–H groups in total. The number of rotatable bonds is 4. The molecule has 4 heteroatoms. The van der Waals surface area contributed by atoms with E-state index in [4.69, 9.17) is 9.52 Å². The summed E-state index contributed by atoms with van der Waals surface area (Å²) in [5, 5.41) is 13.7. The summed E-state index contributed by atoms with van der Waals surface area (Å²) in [7, 11) is 0. The summed E-state index contributed by atoms with van der Waals surface area (Å²) in [5.41, 5.74) is 1.53. The highest BCUT2D eigenvalue weighted by molar-refractivity contribution is 5.82. The summed E-state index contributed by atoms with van der Waals surface area (Å²) in [6, 6.07) is 8.28. The third-order valence-electron chi connectivity index (χ3n) is 4.38. The van der Waals surface area contributed by atoms with Crippen LogP contribution < -0.4 is 5.32 Å². The lowest BCUT2D eigenvalue weighted by molar-refractivity contribution is -0.154. The highest BCUT2D eigenvalue weighted by Crippen LogP contribution is 2.41. The van der Waals surface area contributed by atoms with Crippen molar-refractivity contribution in [2.24, 2.45) is 5.41 Å². The van der Waals surface area contributed by atoms with Crippen LogP contribution in [0.2, 0.25) is 0 Å². The van der Waals surface area contributed by atoms with E-state index in [0.717, 1.165) is 23.3 Å². The van der Waals surface area contributed by atoms with Crippen molar-refractivity contribution in [1.29, 1.82) is 0 Å². The number of carbonyl (C=O) groups is 1. The molecule has 20 heavy (non-hydrogen) atoms. The summed E-state index contributed by atoms with van der Waals surface area (Å²) in [6.45, 7) is 4.51. The smallest absolute Gasteiger partial charge is 0.309 e. The van der Waals surface area contributed by atoms with Crippen LogP contribution in [0.15, 0.2) is 28.7 Å². The molecular weight excluding hydrogens is 254 g/mol. The summed E-state index contributed by atoms with van der Waals surface area (Å²) < 4.78 is 5.73. The third-order valence-corrected chi connectivity index (χ3v) is 4.38. The molecule has 0 radical (unpaired) electrons. The minimum atomic E-state index is -0.694. The zero-order valence-corrected chi connectivity index (χ0v) is 11.8. The molecular formula is C16H19NO3. The number of hydrogen-bond acceptors (Lipinski definition) is 3. The van der Waals surface area contributed by atoms with Gasteiger partial charge in [0.25, 0.3) is 0 Å². The lowest BCUT2D eigenvalue weighted by atomic mass is 9.67. The number of fused-ring (bicyclic) bond motifs is 1. The number of hydrogen-bond donors (Lipinski definition) is 2. The van der Waals surface area contributed by atoms with Gasteiger partial charge in [0.15, 0.2) is 0 Å². The van der Waals surface area contributed by atoms with Crippen LogP contribution in [0.4, 0.5) is 0 Å². The molecule has 1 aliphatic rings. The molecule has 1 heterocycles. The predicted molar refractivity (Wildman–Crippen MR) is 76.6 cm³/mol. The zero-order chi connectivity index (χ0) is 14.3. The molecule has 0 spiro atoms. The van der Waals surface area contributed by atoms with Crippen LogP contribution in [-0.2, 0) is 11.3 Å². The normalized spacial score (nSPS) is 25.6. The van der Waals surface area contributed by atoms with Gasteiger partial charge in [-0.25, -0.2) is 0 Å². The average molecular weight is 273 g/mol. The number of furan rings is 1. The molecule has 106 valence electrons. The Labute approximate surface area is 117 Å². The van der Waals surface area contributed by atoms with Crippen molar-refractivity contribution in [2.45, 2.75) is 39.3 Å². The van der Waals surface area contributed by atoms with Gasteiger partial charge < -0.3 is 14.8 Å². The first-order valence-corrected chi connectivity index (χ1v) is 6.93. The molecule has 0 unspecified atom stereocenters. The summed E-state index contributed by atoms with van der Waals surface area (Å²) >= 11 is 0. The highest BCUT2D eigenvalue weighted by Gasteiger charge is 2.46. The topological polar surface area (TPSA) is 62.5 Å². The van der Waals surface area contributed by atoms with Crippen LogP contribution in [-0.4, -0.2) is 17.1 Å². The van der Waals surface area contributed by atoms with Crippen molar-refractivity contribution in [1.82, 2.24) is 5.32 Å². The monoisotopic (exact) mass is 273 g/mol. The molecule has 4 nitrogen and oxygen atoms in total. The Kier molecular flexibility index (Phi) is 3.05. The fraction of sp³-hybridized carbons (Fsp3) is 0.438. The maximum atomic E-state index is 11.1. The van der Waals surface area contributed by atoms with Crippen LogP contribution in [0.5, 0.6) is 0 Å². The summed E-state index contributed by atoms with van der Waals surface area (Å²) in [4.78, 5) is 11.1. The molecule has 0 amide bonds. The first kappa shape index (κ1) is 13.2. The van der Waals surface area contributed by atoms with Gasteiger partial charge in [0.2, 0.25) is 0 Å². The quantitative estimate of drug-likeness (QED) is 0.898. The van der Waals surface area contributed by atoms with Gasteiger partial charge in [0, 0.05) is 23.5 Å². The Bertz CT molecular complexity index is 653. The Morgan fingerprint density at radius 3 is 2.85 bits per heavy atom. The second-order valence-electron chi connectivity index (χ2n) is 5.98.